The molecule has 0 aromatic rings. The van der Waals surface area contributed by atoms with Crippen LogP contribution in [0.3, 0.4) is 0 Å². The number of epoxide rings is 1. The van der Waals surface area contributed by atoms with E-state index in [9.17, 15) is 4.79 Å². The summed E-state index contributed by atoms with van der Waals surface area (Å²) in [6, 6.07) is 0. The monoisotopic (exact) mass is 304 g/mol. The SMILES string of the molecule is C/C(=C/CC1C2(CCC3C(C)(C)CCCC31C)CO2)CC=O. The summed E-state index contributed by atoms with van der Waals surface area (Å²) in [6.07, 6.45) is 11.6. The van der Waals surface area contributed by atoms with Gasteiger partial charge in [0.15, 0.2) is 0 Å². The number of aldehydes is 1. The van der Waals surface area contributed by atoms with E-state index in [1.54, 1.807) is 0 Å². The maximum absolute atomic E-state index is 10.7. The van der Waals surface area contributed by atoms with Crippen LogP contribution in [-0.2, 0) is 9.53 Å². The van der Waals surface area contributed by atoms with Crippen molar-refractivity contribution >= 4 is 6.29 Å². The van der Waals surface area contributed by atoms with Gasteiger partial charge in [0.2, 0.25) is 0 Å². The number of allylic oxidation sites excluding steroid dienone is 2. The quantitative estimate of drug-likeness (QED) is 0.419. The zero-order valence-electron chi connectivity index (χ0n) is 14.8. The van der Waals surface area contributed by atoms with Crippen LogP contribution >= 0.6 is 0 Å². The second kappa shape index (κ2) is 5.47. The number of hydrogen-bond donors (Lipinski definition) is 0. The minimum Gasteiger partial charge on any atom is -0.369 e. The summed E-state index contributed by atoms with van der Waals surface area (Å²) in [5.41, 5.74) is 2.24. The maximum Gasteiger partial charge on any atom is 0.124 e. The molecule has 1 saturated heterocycles. The minimum absolute atomic E-state index is 0.163. The second-order valence-electron chi connectivity index (χ2n) is 9.00. The Hall–Kier alpha value is -0.630. The minimum atomic E-state index is 0.163. The highest BCUT2D eigenvalue weighted by Gasteiger charge is 2.64. The van der Waals surface area contributed by atoms with Gasteiger partial charge in [-0.15, -0.1) is 0 Å². The van der Waals surface area contributed by atoms with Crippen LogP contribution in [0.2, 0.25) is 0 Å². The average molecular weight is 304 g/mol. The van der Waals surface area contributed by atoms with Gasteiger partial charge in [-0.2, -0.15) is 0 Å². The molecule has 0 aromatic heterocycles. The summed E-state index contributed by atoms with van der Waals surface area (Å²) in [5, 5.41) is 0. The Bertz CT molecular complexity index is 472. The van der Waals surface area contributed by atoms with Gasteiger partial charge in [-0.1, -0.05) is 38.8 Å². The highest BCUT2D eigenvalue weighted by atomic mass is 16.6. The molecule has 1 heterocycles. The van der Waals surface area contributed by atoms with E-state index in [1.807, 2.05) is 0 Å². The van der Waals surface area contributed by atoms with Crippen LogP contribution < -0.4 is 0 Å². The van der Waals surface area contributed by atoms with Crippen LogP contribution in [0.15, 0.2) is 11.6 Å². The fraction of sp³-hybridized carbons (Fsp3) is 0.850. The molecule has 4 unspecified atom stereocenters. The zero-order chi connectivity index (χ0) is 16.0. The van der Waals surface area contributed by atoms with Crippen molar-refractivity contribution < 1.29 is 9.53 Å². The summed E-state index contributed by atoms with van der Waals surface area (Å²) in [5.74, 6) is 1.44. The molecule has 3 aliphatic rings. The molecule has 2 nitrogen and oxygen atoms in total. The molecule has 1 spiro atoms. The molecule has 124 valence electrons. The summed E-state index contributed by atoms with van der Waals surface area (Å²) in [4.78, 5) is 10.7. The molecule has 2 heteroatoms. The summed E-state index contributed by atoms with van der Waals surface area (Å²) >= 11 is 0. The van der Waals surface area contributed by atoms with E-state index in [-0.39, 0.29) is 5.60 Å². The van der Waals surface area contributed by atoms with E-state index in [0.717, 1.165) is 25.2 Å². The van der Waals surface area contributed by atoms with Gasteiger partial charge in [0.05, 0.1) is 12.2 Å². The molecule has 2 saturated carbocycles. The topological polar surface area (TPSA) is 29.6 Å². The van der Waals surface area contributed by atoms with Crippen molar-refractivity contribution in [1.29, 1.82) is 0 Å². The van der Waals surface area contributed by atoms with Crippen LogP contribution in [0.5, 0.6) is 0 Å². The van der Waals surface area contributed by atoms with Crippen LogP contribution in [-0.4, -0.2) is 18.5 Å². The Labute approximate surface area is 135 Å². The van der Waals surface area contributed by atoms with Gasteiger partial charge < -0.3 is 9.53 Å². The van der Waals surface area contributed by atoms with Crippen molar-refractivity contribution in [2.24, 2.45) is 22.7 Å². The number of carbonyl (C=O) groups is 1. The Balaban J connectivity index is 1.87. The Morgan fingerprint density at radius 3 is 2.59 bits per heavy atom. The molecule has 0 N–H and O–H groups in total. The van der Waals surface area contributed by atoms with E-state index in [4.69, 9.17) is 4.74 Å². The van der Waals surface area contributed by atoms with E-state index in [0.29, 0.717) is 23.2 Å². The average Bonchev–Trinajstić information content (AvgIpc) is 3.17. The fourth-order valence-electron chi connectivity index (χ4n) is 5.92. The first-order valence-corrected chi connectivity index (χ1v) is 9.07. The highest BCUT2D eigenvalue weighted by Crippen LogP contribution is 2.66. The van der Waals surface area contributed by atoms with Crippen molar-refractivity contribution in [3.05, 3.63) is 11.6 Å². The Kier molecular flexibility index (Phi) is 4.04. The third-order valence-corrected chi connectivity index (χ3v) is 7.19. The van der Waals surface area contributed by atoms with Crippen molar-refractivity contribution in [2.75, 3.05) is 6.61 Å². The lowest BCUT2D eigenvalue weighted by Gasteiger charge is -2.59. The number of fused-ring (bicyclic) bond motifs is 1. The van der Waals surface area contributed by atoms with E-state index in [2.05, 4.69) is 33.8 Å². The van der Waals surface area contributed by atoms with Crippen molar-refractivity contribution in [3.8, 4) is 0 Å². The normalized spacial score (nSPS) is 43.7. The highest BCUT2D eigenvalue weighted by molar-refractivity contribution is 5.53. The fourth-order valence-corrected chi connectivity index (χ4v) is 5.92. The third kappa shape index (κ3) is 2.58. The van der Waals surface area contributed by atoms with Crippen molar-refractivity contribution in [2.45, 2.75) is 78.2 Å². The lowest BCUT2D eigenvalue weighted by atomic mass is 9.46. The number of rotatable bonds is 4. The Morgan fingerprint density at radius 1 is 1.23 bits per heavy atom. The molecule has 3 fully saturated rings. The first kappa shape index (κ1) is 16.2. The Morgan fingerprint density at radius 2 is 1.95 bits per heavy atom. The van der Waals surface area contributed by atoms with Gasteiger partial charge in [-0.25, -0.2) is 0 Å². The van der Waals surface area contributed by atoms with E-state index < -0.39 is 0 Å². The molecule has 4 atom stereocenters. The summed E-state index contributed by atoms with van der Waals surface area (Å²) in [6.45, 7) is 10.5. The molecule has 0 radical (unpaired) electrons. The molecule has 0 amide bonds. The van der Waals surface area contributed by atoms with Crippen molar-refractivity contribution in [1.82, 2.24) is 0 Å². The molecular formula is C20H32O2. The smallest absolute Gasteiger partial charge is 0.124 e. The van der Waals surface area contributed by atoms with Gasteiger partial charge in [0, 0.05) is 6.42 Å². The molecule has 1 aliphatic heterocycles. The van der Waals surface area contributed by atoms with Gasteiger partial charge in [0.1, 0.15) is 6.29 Å². The van der Waals surface area contributed by atoms with E-state index >= 15 is 0 Å². The third-order valence-electron chi connectivity index (χ3n) is 7.19. The van der Waals surface area contributed by atoms with Gasteiger partial charge in [0.25, 0.3) is 0 Å². The number of hydrogen-bond acceptors (Lipinski definition) is 2. The summed E-state index contributed by atoms with van der Waals surface area (Å²) < 4.78 is 6.03. The van der Waals surface area contributed by atoms with Crippen LogP contribution in [0.4, 0.5) is 0 Å². The standard InChI is InChI=1S/C20H32O2/c1-15(9-13-21)6-7-17-19(4)11-5-10-18(2,3)16(19)8-12-20(17)14-22-20/h6,13,16-17H,5,7-12,14H2,1-4H3/b15-6-. The summed E-state index contributed by atoms with van der Waals surface area (Å²) in [7, 11) is 0. The van der Waals surface area contributed by atoms with Gasteiger partial charge >= 0.3 is 0 Å². The molecule has 0 aromatic carbocycles. The van der Waals surface area contributed by atoms with Crippen LogP contribution in [0, 0.1) is 22.7 Å². The molecule has 0 bridgehead atoms. The van der Waals surface area contributed by atoms with Gasteiger partial charge in [-0.3, -0.25) is 0 Å². The van der Waals surface area contributed by atoms with Crippen molar-refractivity contribution in [3.63, 3.8) is 0 Å². The van der Waals surface area contributed by atoms with Gasteiger partial charge in [-0.05, 0) is 61.7 Å². The van der Waals surface area contributed by atoms with E-state index in [1.165, 1.54) is 37.7 Å². The van der Waals surface area contributed by atoms with Crippen LogP contribution in [0.25, 0.3) is 0 Å². The first-order valence-electron chi connectivity index (χ1n) is 9.07. The molecule has 22 heavy (non-hydrogen) atoms. The second-order valence-corrected chi connectivity index (χ2v) is 9.00. The van der Waals surface area contributed by atoms with Crippen LogP contribution in [0.1, 0.15) is 72.6 Å². The predicted octanol–water partition coefficient (Wildman–Crippen LogP) is 4.92. The lowest BCUT2D eigenvalue weighted by molar-refractivity contribution is -0.107. The predicted molar refractivity (Wildman–Crippen MR) is 89.7 cm³/mol. The largest absolute Gasteiger partial charge is 0.369 e. The molecular weight excluding hydrogens is 272 g/mol. The first-order chi connectivity index (χ1) is 10.3. The maximum atomic E-state index is 10.7. The molecule has 3 rings (SSSR count). The number of carbonyl (C=O) groups excluding carboxylic acids is 1. The number of ether oxygens (including phenoxy) is 1. The zero-order valence-corrected chi connectivity index (χ0v) is 14.8. The molecule has 2 aliphatic carbocycles. The lowest BCUT2D eigenvalue weighted by Crippen LogP contribution is -2.54.